The minimum atomic E-state index is -0.0955. The number of amides is 1. The van der Waals surface area contributed by atoms with Gasteiger partial charge in [-0.2, -0.15) is 0 Å². The summed E-state index contributed by atoms with van der Waals surface area (Å²) in [6.07, 6.45) is 3.66. The fourth-order valence-corrected chi connectivity index (χ4v) is 3.73. The maximum atomic E-state index is 12.9. The summed E-state index contributed by atoms with van der Waals surface area (Å²) in [7, 11) is 1.63. The first-order valence-corrected chi connectivity index (χ1v) is 9.94. The number of hydrogen-bond acceptors (Lipinski definition) is 5. The predicted molar refractivity (Wildman–Crippen MR) is 112 cm³/mol. The Morgan fingerprint density at radius 3 is 2.59 bits per heavy atom. The Labute approximate surface area is 169 Å². The van der Waals surface area contributed by atoms with Gasteiger partial charge in [0.2, 0.25) is 6.79 Å². The molecule has 0 spiro atoms. The van der Waals surface area contributed by atoms with E-state index in [-0.39, 0.29) is 19.3 Å². The van der Waals surface area contributed by atoms with E-state index in [2.05, 4.69) is 5.32 Å². The van der Waals surface area contributed by atoms with Gasteiger partial charge in [-0.05, 0) is 70.8 Å². The molecule has 0 aliphatic carbocycles. The summed E-state index contributed by atoms with van der Waals surface area (Å²) in [5.74, 6) is 2.04. The zero-order chi connectivity index (χ0) is 20.2. The van der Waals surface area contributed by atoms with Crippen molar-refractivity contribution in [2.24, 2.45) is 0 Å². The summed E-state index contributed by atoms with van der Waals surface area (Å²) in [4.78, 5) is 12.9. The highest BCUT2D eigenvalue weighted by Crippen LogP contribution is 2.40. The largest absolute Gasteiger partial charge is 0.497 e. The van der Waals surface area contributed by atoms with Crippen LogP contribution in [0.2, 0.25) is 0 Å². The van der Waals surface area contributed by atoms with Crippen LogP contribution < -0.4 is 19.5 Å². The zero-order valence-corrected chi connectivity index (χ0v) is 16.5. The molecule has 0 unspecified atom stereocenters. The molecule has 0 bridgehead atoms. The molecule has 0 aromatic heterocycles. The topological polar surface area (TPSA) is 77.0 Å². The molecular weight excluding hydrogens is 370 g/mol. The molecule has 3 aromatic carbocycles. The first-order chi connectivity index (χ1) is 14.2. The summed E-state index contributed by atoms with van der Waals surface area (Å²) < 4.78 is 16.4. The molecule has 6 nitrogen and oxygen atoms in total. The van der Waals surface area contributed by atoms with Gasteiger partial charge >= 0.3 is 0 Å². The molecule has 4 rings (SSSR count). The van der Waals surface area contributed by atoms with E-state index in [1.54, 1.807) is 7.11 Å². The van der Waals surface area contributed by atoms with E-state index in [0.717, 1.165) is 53.0 Å². The van der Waals surface area contributed by atoms with Crippen molar-refractivity contribution >= 4 is 27.5 Å². The lowest BCUT2D eigenvalue weighted by molar-refractivity contribution is 0.0954. The van der Waals surface area contributed by atoms with Gasteiger partial charge in [0.25, 0.3) is 5.91 Å². The van der Waals surface area contributed by atoms with Crippen molar-refractivity contribution in [2.75, 3.05) is 27.1 Å². The fraction of sp³-hybridized carbons (Fsp3) is 0.348. The average molecular weight is 395 g/mol. The third kappa shape index (κ3) is 3.93. The molecule has 0 fully saturated rings. The van der Waals surface area contributed by atoms with Crippen molar-refractivity contribution in [3.63, 3.8) is 0 Å². The van der Waals surface area contributed by atoms with Gasteiger partial charge in [0.05, 0.1) is 7.11 Å². The van der Waals surface area contributed by atoms with Crippen molar-refractivity contribution < 1.29 is 24.1 Å². The minimum absolute atomic E-state index is 0.0955. The maximum Gasteiger partial charge on any atom is 0.251 e. The number of benzene rings is 3. The lowest BCUT2D eigenvalue weighted by Gasteiger charge is -2.13. The number of aliphatic hydroxyl groups is 1. The summed E-state index contributed by atoms with van der Waals surface area (Å²) in [5, 5.41) is 15.6. The smallest absolute Gasteiger partial charge is 0.251 e. The van der Waals surface area contributed by atoms with E-state index < -0.39 is 0 Å². The van der Waals surface area contributed by atoms with Crippen LogP contribution in [0.3, 0.4) is 0 Å². The SMILES string of the molecule is COc1ccc2c(C(=O)NCCCCCCO)cc3cc4c(cc3c2c1)OCO4. The van der Waals surface area contributed by atoms with Crippen molar-refractivity contribution in [1.29, 1.82) is 0 Å². The average Bonchev–Trinajstić information content (AvgIpc) is 3.21. The van der Waals surface area contributed by atoms with Gasteiger partial charge in [0.15, 0.2) is 11.5 Å². The number of aliphatic hydroxyl groups excluding tert-OH is 1. The van der Waals surface area contributed by atoms with E-state index in [1.165, 1.54) is 0 Å². The number of hydrogen-bond donors (Lipinski definition) is 2. The predicted octanol–water partition coefficient (Wildman–Crippen LogP) is 4.01. The fourth-order valence-electron chi connectivity index (χ4n) is 3.73. The molecule has 29 heavy (non-hydrogen) atoms. The Morgan fingerprint density at radius 1 is 1.00 bits per heavy atom. The third-order valence-electron chi connectivity index (χ3n) is 5.27. The number of unbranched alkanes of at least 4 members (excludes halogenated alkanes) is 3. The van der Waals surface area contributed by atoms with Crippen LogP contribution in [0.5, 0.6) is 17.2 Å². The van der Waals surface area contributed by atoms with Crippen LogP contribution >= 0.6 is 0 Å². The quantitative estimate of drug-likeness (QED) is 0.445. The molecule has 1 aliphatic rings. The zero-order valence-electron chi connectivity index (χ0n) is 16.5. The van der Waals surface area contributed by atoms with Crippen LogP contribution in [-0.2, 0) is 0 Å². The van der Waals surface area contributed by atoms with E-state index in [1.807, 2.05) is 36.4 Å². The Hall–Kier alpha value is -2.99. The van der Waals surface area contributed by atoms with Crippen molar-refractivity contribution in [3.8, 4) is 17.2 Å². The molecule has 1 amide bonds. The molecule has 0 saturated heterocycles. The minimum Gasteiger partial charge on any atom is -0.497 e. The second-order valence-corrected chi connectivity index (χ2v) is 7.16. The van der Waals surface area contributed by atoms with Gasteiger partial charge in [0, 0.05) is 18.7 Å². The molecular formula is C23H25NO5. The second kappa shape index (κ2) is 8.57. The molecule has 3 aromatic rings. The van der Waals surface area contributed by atoms with Crippen LogP contribution in [0, 0.1) is 0 Å². The molecule has 0 saturated carbocycles. The number of nitrogens with one attached hydrogen (secondary N) is 1. The van der Waals surface area contributed by atoms with Gasteiger partial charge in [-0.15, -0.1) is 0 Å². The highest BCUT2D eigenvalue weighted by atomic mass is 16.7. The first-order valence-electron chi connectivity index (χ1n) is 9.94. The van der Waals surface area contributed by atoms with E-state index in [9.17, 15) is 4.79 Å². The van der Waals surface area contributed by atoms with E-state index in [4.69, 9.17) is 19.3 Å². The number of fused-ring (bicyclic) bond motifs is 4. The Kier molecular flexibility index (Phi) is 5.71. The highest BCUT2D eigenvalue weighted by molar-refractivity contribution is 6.18. The lowest BCUT2D eigenvalue weighted by Crippen LogP contribution is -2.24. The van der Waals surface area contributed by atoms with Gasteiger partial charge in [0.1, 0.15) is 5.75 Å². The van der Waals surface area contributed by atoms with Gasteiger partial charge in [-0.3, -0.25) is 4.79 Å². The Bertz CT molecular complexity index is 1050. The highest BCUT2D eigenvalue weighted by Gasteiger charge is 2.19. The number of carbonyl (C=O) groups excluding carboxylic acids is 1. The van der Waals surface area contributed by atoms with E-state index >= 15 is 0 Å². The molecule has 152 valence electrons. The Morgan fingerprint density at radius 2 is 1.79 bits per heavy atom. The lowest BCUT2D eigenvalue weighted by atomic mass is 9.96. The molecule has 0 atom stereocenters. The van der Waals surface area contributed by atoms with Gasteiger partial charge < -0.3 is 24.6 Å². The molecule has 1 heterocycles. The third-order valence-corrected chi connectivity index (χ3v) is 5.27. The summed E-state index contributed by atoms with van der Waals surface area (Å²) >= 11 is 0. The number of ether oxygens (including phenoxy) is 3. The Balaban J connectivity index is 1.69. The van der Waals surface area contributed by atoms with Gasteiger partial charge in [-0.25, -0.2) is 0 Å². The molecule has 2 N–H and O–H groups in total. The monoisotopic (exact) mass is 395 g/mol. The van der Waals surface area contributed by atoms with Gasteiger partial charge in [-0.1, -0.05) is 12.8 Å². The van der Waals surface area contributed by atoms with Crippen LogP contribution in [0.25, 0.3) is 21.5 Å². The summed E-state index contributed by atoms with van der Waals surface area (Å²) in [6, 6.07) is 11.5. The molecule has 1 aliphatic heterocycles. The normalized spacial score (nSPS) is 12.5. The van der Waals surface area contributed by atoms with Crippen LogP contribution in [0.15, 0.2) is 36.4 Å². The van der Waals surface area contributed by atoms with Crippen molar-refractivity contribution in [1.82, 2.24) is 5.32 Å². The molecule has 6 heteroatoms. The van der Waals surface area contributed by atoms with E-state index in [0.29, 0.717) is 23.6 Å². The maximum absolute atomic E-state index is 12.9. The first kappa shape index (κ1) is 19.3. The number of carbonyl (C=O) groups is 1. The summed E-state index contributed by atoms with van der Waals surface area (Å²) in [5.41, 5.74) is 0.629. The van der Waals surface area contributed by atoms with Crippen molar-refractivity contribution in [3.05, 3.63) is 42.0 Å². The number of rotatable bonds is 8. The summed E-state index contributed by atoms with van der Waals surface area (Å²) in [6.45, 7) is 1.04. The van der Waals surface area contributed by atoms with Crippen LogP contribution in [-0.4, -0.2) is 38.1 Å². The van der Waals surface area contributed by atoms with Crippen molar-refractivity contribution in [2.45, 2.75) is 25.7 Å². The second-order valence-electron chi connectivity index (χ2n) is 7.16. The standard InChI is InChI=1S/C23H25NO5/c1-27-16-6-7-17-19(12-16)18-13-22-21(28-14-29-22)11-15(18)10-20(17)23(26)24-8-4-2-3-5-9-25/h6-7,10-13,25H,2-5,8-9,14H2,1H3,(H,24,26). The van der Waals surface area contributed by atoms with Crippen LogP contribution in [0.1, 0.15) is 36.0 Å². The van der Waals surface area contributed by atoms with Crippen LogP contribution in [0.4, 0.5) is 0 Å². The molecule has 0 radical (unpaired) electrons. The number of methoxy groups -OCH3 is 1.